The van der Waals surface area contributed by atoms with Crippen molar-refractivity contribution in [1.82, 2.24) is 4.90 Å². The minimum Gasteiger partial charge on any atom is -0.444 e. The Morgan fingerprint density at radius 1 is 0.923 bits per heavy atom. The summed E-state index contributed by atoms with van der Waals surface area (Å²) >= 11 is 0. The smallest absolute Gasteiger partial charge is 0.413 e. The van der Waals surface area contributed by atoms with Crippen LogP contribution < -0.4 is 5.32 Å². The van der Waals surface area contributed by atoms with Crippen molar-refractivity contribution in [3.63, 3.8) is 0 Å². The first kappa shape index (κ1) is 29.9. The molecule has 1 aliphatic rings. The molecule has 2 amide bonds. The van der Waals surface area contributed by atoms with Crippen molar-refractivity contribution >= 4 is 23.7 Å². The lowest BCUT2D eigenvalue weighted by Gasteiger charge is -2.34. The van der Waals surface area contributed by atoms with Gasteiger partial charge in [0.1, 0.15) is 23.0 Å². The number of amides is 2. The molecule has 8 nitrogen and oxygen atoms in total. The Morgan fingerprint density at radius 3 is 2.08 bits per heavy atom. The van der Waals surface area contributed by atoms with E-state index in [1.54, 1.807) is 56.0 Å². The van der Waals surface area contributed by atoms with E-state index < -0.39 is 41.3 Å². The lowest BCUT2D eigenvalue weighted by Crippen LogP contribution is -2.49. The van der Waals surface area contributed by atoms with Gasteiger partial charge < -0.3 is 14.2 Å². The second-order valence-corrected chi connectivity index (χ2v) is 12.1. The van der Waals surface area contributed by atoms with Crippen LogP contribution in [-0.2, 0) is 25.4 Å². The Morgan fingerprint density at radius 2 is 1.51 bits per heavy atom. The number of carbonyl (C=O) groups is 3. The molecule has 2 aromatic rings. The van der Waals surface area contributed by atoms with Crippen molar-refractivity contribution in [2.75, 3.05) is 5.32 Å². The summed E-state index contributed by atoms with van der Waals surface area (Å²) in [6, 6.07) is 16.1. The SMILES string of the molecule is CC(C)(C)OC(=O)Nc1ccc(CC(=O)/C=C/C2[C@@H](c3ccccc3)OC(C)(C)N2C(=O)OC(C)(C)C)cc1. The van der Waals surface area contributed by atoms with E-state index in [0.29, 0.717) is 5.69 Å². The summed E-state index contributed by atoms with van der Waals surface area (Å²) in [4.78, 5) is 39.7. The number of nitrogens with one attached hydrogen (secondary N) is 1. The van der Waals surface area contributed by atoms with Crippen molar-refractivity contribution in [1.29, 1.82) is 0 Å². The number of hydrogen-bond acceptors (Lipinski definition) is 6. The summed E-state index contributed by atoms with van der Waals surface area (Å²) in [6.45, 7) is 14.4. The van der Waals surface area contributed by atoms with Gasteiger partial charge in [-0.05, 0) is 84.7 Å². The first-order valence-electron chi connectivity index (χ1n) is 13.1. The van der Waals surface area contributed by atoms with Crippen LogP contribution in [0.15, 0.2) is 66.7 Å². The molecule has 0 bridgehead atoms. The van der Waals surface area contributed by atoms with Crippen LogP contribution in [0.3, 0.4) is 0 Å². The molecule has 0 aliphatic carbocycles. The maximum atomic E-state index is 13.3. The zero-order valence-corrected chi connectivity index (χ0v) is 24.1. The Labute approximate surface area is 231 Å². The van der Waals surface area contributed by atoms with Crippen molar-refractivity contribution < 1.29 is 28.6 Å². The molecule has 1 unspecified atom stereocenters. The number of hydrogen-bond donors (Lipinski definition) is 1. The van der Waals surface area contributed by atoms with Crippen LogP contribution in [0.5, 0.6) is 0 Å². The molecule has 0 radical (unpaired) electrons. The predicted molar refractivity (Wildman–Crippen MR) is 150 cm³/mol. The Kier molecular flexibility index (Phi) is 8.91. The second kappa shape index (κ2) is 11.6. The monoisotopic (exact) mass is 536 g/mol. The molecule has 2 aromatic carbocycles. The van der Waals surface area contributed by atoms with Crippen molar-refractivity contribution in [3.05, 3.63) is 77.9 Å². The summed E-state index contributed by atoms with van der Waals surface area (Å²) in [5.41, 5.74) is 0.00333. The van der Waals surface area contributed by atoms with Gasteiger partial charge in [-0.2, -0.15) is 0 Å². The molecule has 0 aromatic heterocycles. The van der Waals surface area contributed by atoms with E-state index in [9.17, 15) is 14.4 Å². The quantitative estimate of drug-likeness (QED) is 0.408. The highest BCUT2D eigenvalue weighted by molar-refractivity contribution is 5.92. The van der Waals surface area contributed by atoms with E-state index in [4.69, 9.17) is 14.2 Å². The molecule has 39 heavy (non-hydrogen) atoms. The molecular weight excluding hydrogens is 496 g/mol. The van der Waals surface area contributed by atoms with E-state index in [0.717, 1.165) is 11.1 Å². The average molecular weight is 537 g/mol. The molecule has 2 atom stereocenters. The molecular formula is C31H40N2O6. The van der Waals surface area contributed by atoms with Crippen molar-refractivity contribution in [2.24, 2.45) is 0 Å². The summed E-state index contributed by atoms with van der Waals surface area (Å²) in [6.07, 6.45) is 1.84. The van der Waals surface area contributed by atoms with E-state index >= 15 is 0 Å². The van der Waals surface area contributed by atoms with Gasteiger partial charge in [0.2, 0.25) is 0 Å². The molecule has 0 spiro atoms. The largest absolute Gasteiger partial charge is 0.444 e. The number of rotatable bonds is 6. The number of nitrogens with zero attached hydrogens (tertiary/aromatic N) is 1. The maximum Gasteiger partial charge on any atom is 0.413 e. The fourth-order valence-corrected chi connectivity index (χ4v) is 4.27. The van der Waals surface area contributed by atoms with Gasteiger partial charge >= 0.3 is 12.2 Å². The maximum absolute atomic E-state index is 13.3. The highest BCUT2D eigenvalue weighted by Gasteiger charge is 2.50. The molecule has 1 N–H and O–H groups in total. The van der Waals surface area contributed by atoms with E-state index in [1.807, 2.05) is 65.0 Å². The third kappa shape index (κ3) is 8.68. The van der Waals surface area contributed by atoms with Gasteiger partial charge in [-0.15, -0.1) is 0 Å². The Hall–Kier alpha value is -3.65. The second-order valence-electron chi connectivity index (χ2n) is 12.1. The minimum atomic E-state index is -0.960. The van der Waals surface area contributed by atoms with E-state index in [1.165, 1.54) is 6.08 Å². The Bertz CT molecular complexity index is 1190. The lowest BCUT2D eigenvalue weighted by atomic mass is 10.0. The van der Waals surface area contributed by atoms with E-state index in [-0.39, 0.29) is 12.2 Å². The summed E-state index contributed by atoms with van der Waals surface area (Å²) in [7, 11) is 0. The molecule has 1 heterocycles. The van der Waals surface area contributed by atoms with Crippen molar-refractivity contribution in [2.45, 2.75) is 90.9 Å². The number of allylic oxidation sites excluding steroid dienone is 1. The zero-order chi connectivity index (χ0) is 29.0. The third-order valence-corrected chi connectivity index (χ3v) is 5.78. The van der Waals surface area contributed by atoms with Gasteiger partial charge in [0.25, 0.3) is 0 Å². The zero-order valence-electron chi connectivity index (χ0n) is 24.1. The summed E-state index contributed by atoms with van der Waals surface area (Å²) in [5.74, 6) is -0.136. The van der Waals surface area contributed by atoms with Gasteiger partial charge in [0, 0.05) is 12.1 Å². The van der Waals surface area contributed by atoms with Gasteiger partial charge in [-0.3, -0.25) is 15.0 Å². The summed E-state index contributed by atoms with van der Waals surface area (Å²) in [5, 5.41) is 2.68. The van der Waals surface area contributed by atoms with Crippen molar-refractivity contribution in [3.8, 4) is 0 Å². The Balaban J connectivity index is 1.76. The molecule has 210 valence electrons. The van der Waals surface area contributed by atoms with Crippen LogP contribution >= 0.6 is 0 Å². The van der Waals surface area contributed by atoms with Crippen LogP contribution in [-0.4, -0.2) is 45.8 Å². The molecule has 1 saturated heterocycles. The fraction of sp³-hybridized carbons (Fsp3) is 0.452. The predicted octanol–water partition coefficient (Wildman–Crippen LogP) is 6.81. The molecule has 0 saturated carbocycles. The van der Waals surface area contributed by atoms with Crippen LogP contribution in [0.2, 0.25) is 0 Å². The molecule has 8 heteroatoms. The number of carbonyl (C=O) groups excluding carboxylic acids is 3. The van der Waals surface area contributed by atoms with Crippen LogP contribution in [0.1, 0.15) is 72.6 Å². The lowest BCUT2D eigenvalue weighted by molar-refractivity contribution is -0.114. The standard InChI is InChI=1S/C31H40N2O6/c1-29(2,3)38-27(35)32-23-16-14-21(15-17-23)20-24(34)18-19-25-26(22-12-10-9-11-13-22)37-31(7,8)33(25)28(36)39-30(4,5)6/h9-19,25-26H,20H2,1-8H3,(H,32,35)/b19-18+/t25?,26-/m1/s1. The van der Waals surface area contributed by atoms with Gasteiger partial charge in [0.05, 0.1) is 6.04 Å². The van der Waals surface area contributed by atoms with Gasteiger partial charge in [-0.25, -0.2) is 9.59 Å². The number of anilines is 1. The van der Waals surface area contributed by atoms with Crippen LogP contribution in [0, 0.1) is 0 Å². The van der Waals surface area contributed by atoms with Gasteiger partial charge in [-0.1, -0.05) is 48.5 Å². The highest BCUT2D eigenvalue weighted by Crippen LogP contribution is 2.42. The fourth-order valence-electron chi connectivity index (χ4n) is 4.27. The van der Waals surface area contributed by atoms with Crippen LogP contribution in [0.4, 0.5) is 15.3 Å². The van der Waals surface area contributed by atoms with E-state index in [2.05, 4.69) is 5.32 Å². The first-order valence-corrected chi connectivity index (χ1v) is 13.1. The highest BCUT2D eigenvalue weighted by atomic mass is 16.6. The normalized spacial score (nSPS) is 19.1. The minimum absolute atomic E-state index is 0.136. The molecule has 1 aliphatic heterocycles. The van der Waals surface area contributed by atoms with Crippen LogP contribution in [0.25, 0.3) is 0 Å². The summed E-state index contributed by atoms with van der Waals surface area (Å²) < 4.78 is 17.3. The number of benzene rings is 2. The molecule has 3 rings (SSSR count). The third-order valence-electron chi connectivity index (χ3n) is 5.78. The number of ketones is 1. The number of ether oxygens (including phenoxy) is 3. The topological polar surface area (TPSA) is 94.2 Å². The molecule has 1 fully saturated rings. The first-order chi connectivity index (χ1) is 18.0. The average Bonchev–Trinajstić information content (AvgIpc) is 3.07. The van der Waals surface area contributed by atoms with Gasteiger partial charge in [0.15, 0.2) is 5.78 Å².